The molecule has 7 nitrogen and oxygen atoms in total. The van der Waals surface area contributed by atoms with E-state index in [0.717, 1.165) is 25.9 Å². The zero-order chi connectivity index (χ0) is 16.6. The molecular weight excluding hydrogens is 294 g/mol. The van der Waals surface area contributed by atoms with E-state index in [0.29, 0.717) is 24.0 Å². The van der Waals surface area contributed by atoms with Crippen molar-refractivity contribution in [2.24, 2.45) is 0 Å². The first-order chi connectivity index (χ1) is 10.9. The molecule has 124 valence electrons. The number of nitrogens with zero attached hydrogens (tertiary/aromatic N) is 5. The van der Waals surface area contributed by atoms with Crippen molar-refractivity contribution in [2.75, 3.05) is 13.1 Å². The first-order valence-electron chi connectivity index (χ1n) is 8.09. The van der Waals surface area contributed by atoms with Crippen molar-refractivity contribution in [2.45, 2.75) is 52.1 Å². The van der Waals surface area contributed by atoms with Crippen LogP contribution in [0.1, 0.15) is 40.0 Å². The molecule has 0 radical (unpaired) electrons. The quantitative estimate of drug-likeness (QED) is 0.857. The lowest BCUT2D eigenvalue weighted by atomic mass is 10.1. The zero-order valence-electron chi connectivity index (χ0n) is 13.9. The van der Waals surface area contributed by atoms with Crippen molar-refractivity contribution in [3.63, 3.8) is 0 Å². The largest absolute Gasteiger partial charge is 0.343 e. The molecule has 0 aliphatic carbocycles. The molecule has 0 unspecified atom stereocenters. The number of hydrogen-bond acceptors (Lipinski definition) is 4. The number of carbonyl (C=O) groups is 1. The predicted molar refractivity (Wildman–Crippen MR) is 87.2 cm³/mol. The minimum Gasteiger partial charge on any atom is -0.343 e. The lowest BCUT2D eigenvalue weighted by molar-refractivity contribution is -0.130. The van der Waals surface area contributed by atoms with Crippen LogP contribution in [0.2, 0.25) is 0 Å². The van der Waals surface area contributed by atoms with Crippen molar-refractivity contribution in [3.05, 3.63) is 22.9 Å². The van der Waals surface area contributed by atoms with Crippen molar-refractivity contribution < 1.29 is 4.79 Å². The zero-order valence-corrected chi connectivity index (χ0v) is 13.9. The van der Waals surface area contributed by atoms with Crippen LogP contribution in [0.5, 0.6) is 0 Å². The molecule has 3 rings (SSSR count). The van der Waals surface area contributed by atoms with Gasteiger partial charge in [0.25, 0.3) is 5.56 Å². The lowest BCUT2D eigenvalue weighted by Gasteiger charge is -2.19. The van der Waals surface area contributed by atoms with Gasteiger partial charge in [-0.15, -0.1) is 0 Å². The van der Waals surface area contributed by atoms with E-state index in [1.54, 1.807) is 10.9 Å². The summed E-state index contributed by atoms with van der Waals surface area (Å²) in [4.78, 5) is 30.9. The van der Waals surface area contributed by atoms with Gasteiger partial charge in [-0.25, -0.2) is 9.67 Å². The van der Waals surface area contributed by atoms with Crippen LogP contribution in [0.15, 0.2) is 17.3 Å². The van der Waals surface area contributed by atoms with Gasteiger partial charge in [0.1, 0.15) is 5.39 Å². The second-order valence-corrected chi connectivity index (χ2v) is 7.05. The molecule has 1 fully saturated rings. The van der Waals surface area contributed by atoms with Crippen LogP contribution >= 0.6 is 0 Å². The molecule has 0 aromatic carbocycles. The molecule has 3 heterocycles. The fourth-order valence-electron chi connectivity index (χ4n) is 2.94. The molecule has 1 amide bonds. The highest BCUT2D eigenvalue weighted by Gasteiger charge is 2.21. The summed E-state index contributed by atoms with van der Waals surface area (Å²) in [6.45, 7) is 8.08. The fourth-order valence-corrected chi connectivity index (χ4v) is 2.94. The molecule has 0 N–H and O–H groups in total. The van der Waals surface area contributed by atoms with Gasteiger partial charge in [-0.05, 0) is 33.6 Å². The molecule has 1 aliphatic rings. The van der Waals surface area contributed by atoms with E-state index >= 15 is 0 Å². The minimum atomic E-state index is -0.237. The number of likely N-dealkylation sites (tertiary alicyclic amines) is 1. The summed E-state index contributed by atoms with van der Waals surface area (Å²) in [5.41, 5.74) is 0.211. The average molecular weight is 317 g/mol. The number of rotatable bonds is 3. The number of carbonyl (C=O) groups excluding carboxylic acids is 1. The van der Waals surface area contributed by atoms with Gasteiger partial charge in [0.2, 0.25) is 5.91 Å². The molecule has 7 heteroatoms. The van der Waals surface area contributed by atoms with E-state index < -0.39 is 0 Å². The van der Waals surface area contributed by atoms with Crippen molar-refractivity contribution >= 4 is 16.9 Å². The van der Waals surface area contributed by atoms with Gasteiger partial charge in [0.15, 0.2) is 5.65 Å². The fraction of sp³-hybridized carbons (Fsp3) is 0.625. The molecule has 0 spiro atoms. The van der Waals surface area contributed by atoms with Crippen LogP contribution in [0.25, 0.3) is 11.0 Å². The van der Waals surface area contributed by atoms with Crippen molar-refractivity contribution in [1.82, 2.24) is 24.2 Å². The molecule has 0 atom stereocenters. The maximum atomic E-state index is 12.5. The summed E-state index contributed by atoms with van der Waals surface area (Å²) in [7, 11) is 0. The highest BCUT2D eigenvalue weighted by Crippen LogP contribution is 2.17. The highest BCUT2D eigenvalue weighted by molar-refractivity contribution is 5.76. The Bertz CT molecular complexity index is 778. The summed E-state index contributed by atoms with van der Waals surface area (Å²) < 4.78 is 3.26. The summed E-state index contributed by atoms with van der Waals surface area (Å²) in [6, 6.07) is 0. The second-order valence-electron chi connectivity index (χ2n) is 7.05. The molecule has 2 aromatic rings. The van der Waals surface area contributed by atoms with Crippen LogP contribution < -0.4 is 5.56 Å². The number of hydrogen-bond donors (Lipinski definition) is 0. The molecular formula is C16H23N5O2. The third-order valence-electron chi connectivity index (χ3n) is 4.22. The maximum Gasteiger partial charge on any atom is 0.264 e. The van der Waals surface area contributed by atoms with Crippen LogP contribution in [-0.2, 0) is 16.9 Å². The monoisotopic (exact) mass is 317 g/mol. The van der Waals surface area contributed by atoms with Crippen LogP contribution in [0, 0.1) is 0 Å². The molecule has 1 saturated heterocycles. The molecule has 0 bridgehead atoms. The Kier molecular flexibility index (Phi) is 3.95. The van der Waals surface area contributed by atoms with Crippen LogP contribution in [0.3, 0.4) is 0 Å². The normalized spacial score (nSPS) is 15.5. The number of aryl methyl sites for hydroxylation is 1. The second kappa shape index (κ2) is 5.79. The molecule has 23 heavy (non-hydrogen) atoms. The third-order valence-corrected chi connectivity index (χ3v) is 4.22. The Morgan fingerprint density at radius 2 is 1.96 bits per heavy atom. The standard InChI is InChI=1S/C16H23N5O2/c1-16(2,3)21-14-12(10-18-21)15(23)20(11-17-14)9-6-13(22)19-7-4-5-8-19/h10-11H,4-9H2,1-3H3. The van der Waals surface area contributed by atoms with E-state index in [-0.39, 0.29) is 17.0 Å². The summed E-state index contributed by atoms with van der Waals surface area (Å²) >= 11 is 0. The highest BCUT2D eigenvalue weighted by atomic mass is 16.2. The van der Waals surface area contributed by atoms with Gasteiger partial charge in [-0.2, -0.15) is 5.10 Å². The maximum absolute atomic E-state index is 12.5. The van der Waals surface area contributed by atoms with Gasteiger partial charge in [0.05, 0.1) is 18.1 Å². The summed E-state index contributed by atoms with van der Waals surface area (Å²) in [6.07, 6.45) is 5.57. The number of amides is 1. The summed E-state index contributed by atoms with van der Waals surface area (Å²) in [5, 5.41) is 4.79. The van der Waals surface area contributed by atoms with E-state index in [4.69, 9.17) is 0 Å². The molecule has 1 aliphatic heterocycles. The van der Waals surface area contributed by atoms with Gasteiger partial charge in [-0.1, -0.05) is 0 Å². The van der Waals surface area contributed by atoms with Gasteiger partial charge >= 0.3 is 0 Å². The molecule has 2 aromatic heterocycles. The Morgan fingerprint density at radius 3 is 2.61 bits per heavy atom. The Labute approximate surface area is 134 Å². The van der Waals surface area contributed by atoms with Crippen molar-refractivity contribution in [1.29, 1.82) is 0 Å². The summed E-state index contributed by atoms with van der Waals surface area (Å²) in [5.74, 6) is 0.111. The minimum absolute atomic E-state index is 0.111. The van der Waals surface area contributed by atoms with E-state index in [1.807, 2.05) is 25.7 Å². The van der Waals surface area contributed by atoms with Crippen LogP contribution in [0.4, 0.5) is 0 Å². The van der Waals surface area contributed by atoms with Gasteiger partial charge in [-0.3, -0.25) is 14.2 Å². The third kappa shape index (κ3) is 3.00. The Balaban J connectivity index is 1.81. The first kappa shape index (κ1) is 15.7. The SMILES string of the molecule is CC(C)(C)n1ncc2c(=O)n(CCC(=O)N3CCCC3)cnc21. The Hall–Kier alpha value is -2.18. The molecule has 0 saturated carbocycles. The predicted octanol–water partition coefficient (Wildman–Crippen LogP) is 1.36. The topological polar surface area (TPSA) is 73.0 Å². The van der Waals surface area contributed by atoms with E-state index in [2.05, 4.69) is 10.1 Å². The first-order valence-corrected chi connectivity index (χ1v) is 8.09. The smallest absolute Gasteiger partial charge is 0.264 e. The van der Waals surface area contributed by atoms with Crippen molar-refractivity contribution in [3.8, 4) is 0 Å². The number of aromatic nitrogens is 4. The Morgan fingerprint density at radius 1 is 1.26 bits per heavy atom. The van der Waals surface area contributed by atoms with E-state index in [9.17, 15) is 9.59 Å². The van der Waals surface area contributed by atoms with E-state index in [1.165, 1.54) is 10.9 Å². The van der Waals surface area contributed by atoms with Gasteiger partial charge < -0.3 is 4.90 Å². The number of fused-ring (bicyclic) bond motifs is 1. The van der Waals surface area contributed by atoms with Crippen LogP contribution in [-0.4, -0.2) is 43.2 Å². The lowest BCUT2D eigenvalue weighted by Crippen LogP contribution is -2.30. The van der Waals surface area contributed by atoms with Gasteiger partial charge in [0, 0.05) is 26.1 Å². The average Bonchev–Trinajstić information content (AvgIpc) is 3.15.